The summed E-state index contributed by atoms with van der Waals surface area (Å²) in [4.78, 5) is 0. The predicted octanol–water partition coefficient (Wildman–Crippen LogP) is 34.1. The molecule has 0 spiro atoms. The van der Waals surface area contributed by atoms with E-state index in [1.807, 2.05) is 0 Å². The maximum absolute atomic E-state index is 2.55. The van der Waals surface area contributed by atoms with Crippen molar-refractivity contribution in [1.82, 2.24) is 0 Å². The third-order valence-electron chi connectivity index (χ3n) is 27.7. The Bertz CT molecular complexity index is 3850. The van der Waals surface area contributed by atoms with Gasteiger partial charge in [0.25, 0.3) is 0 Å². The zero-order chi connectivity index (χ0) is 85.2. The highest BCUT2D eigenvalue weighted by Gasteiger charge is 2.29. The van der Waals surface area contributed by atoms with Gasteiger partial charge in [0.15, 0.2) is 0 Å². The summed E-state index contributed by atoms with van der Waals surface area (Å²) in [6.45, 7) is 18.7. The van der Waals surface area contributed by atoms with E-state index in [1.54, 1.807) is 55.3 Å². The molecule has 10 rings (SSSR count). The van der Waals surface area contributed by atoms with Crippen LogP contribution in [0.1, 0.15) is 394 Å². The summed E-state index contributed by atoms with van der Waals surface area (Å²) in [6.07, 6.45) is 67.1. The molecule has 0 aliphatic rings. The van der Waals surface area contributed by atoms with Gasteiger partial charge >= 0.3 is 0 Å². The highest BCUT2D eigenvalue weighted by Crippen LogP contribution is 2.44. The molecule has 0 atom stereocenters. The second-order valence-corrected chi connectivity index (χ2v) is 37.6. The first-order valence-electron chi connectivity index (χ1n) is 51.5. The van der Waals surface area contributed by atoms with E-state index in [0.29, 0.717) is 0 Å². The first-order chi connectivity index (χ1) is 60.2. The van der Waals surface area contributed by atoms with E-state index in [0.717, 1.165) is 103 Å². The van der Waals surface area contributed by atoms with Crippen molar-refractivity contribution in [3.63, 3.8) is 0 Å². The van der Waals surface area contributed by atoms with Gasteiger partial charge in [-0.25, -0.2) is 0 Å². The number of benzene rings is 10. The molecule has 0 nitrogen and oxygen atoms in total. The van der Waals surface area contributed by atoms with Crippen molar-refractivity contribution in [1.29, 1.82) is 0 Å². The SMILES string of the molecule is CCCCCCc1ccc(CCc2c(CCc3ccc(CCCCCC)cc3)c(CCc3ccc(CCCCCC)cc3)c3c(CCc4ccc(CCCCCC)cc4)c(CCc4ccc(CCCCCC)cc4)c(CCc4ccc(CCCCCC)cc4)c(CCc4ccc(CCCCCC)cc4)c3c2CCc2ccc(CCCCCC)cc2)cc1. The van der Waals surface area contributed by atoms with E-state index in [9.17, 15) is 0 Å². The fourth-order valence-electron chi connectivity index (χ4n) is 19.8. The largest absolute Gasteiger partial charge is 0.0654 e. The molecule has 656 valence electrons. The molecule has 0 amide bonds. The monoisotopic (exact) mass is 1630 g/mol. The number of hydrogen-bond donors (Lipinski definition) is 0. The molecule has 0 radical (unpaired) electrons. The number of rotatable bonds is 64. The maximum atomic E-state index is 2.55. The fourth-order valence-corrected chi connectivity index (χ4v) is 19.8. The first-order valence-corrected chi connectivity index (χ1v) is 51.5. The second kappa shape index (κ2) is 57.1. The molecular weight excluding hydrogens is 1470 g/mol. The summed E-state index contributed by atoms with van der Waals surface area (Å²) in [7, 11) is 0. The van der Waals surface area contributed by atoms with Gasteiger partial charge in [0, 0.05) is 0 Å². The van der Waals surface area contributed by atoms with E-state index in [4.69, 9.17) is 0 Å². The molecule has 0 saturated carbocycles. The lowest BCUT2D eigenvalue weighted by Gasteiger charge is -2.31. The summed E-state index contributed by atoms with van der Waals surface area (Å²) in [5.41, 5.74) is 37.2. The Morgan fingerprint density at radius 3 is 0.303 bits per heavy atom. The minimum absolute atomic E-state index is 1.01. The van der Waals surface area contributed by atoms with E-state index < -0.39 is 0 Å². The number of aryl methyl sites for hydroxylation is 20. The molecule has 0 aromatic heterocycles. The maximum Gasteiger partial charge on any atom is -0.0108 e. The molecule has 10 aromatic rings. The highest BCUT2D eigenvalue weighted by atomic mass is 14.3. The molecule has 0 aliphatic heterocycles. The van der Waals surface area contributed by atoms with Gasteiger partial charge < -0.3 is 0 Å². The molecule has 0 heterocycles. The van der Waals surface area contributed by atoms with E-state index in [-0.39, 0.29) is 0 Å². The normalized spacial score (nSPS) is 11.6. The van der Waals surface area contributed by atoms with Crippen molar-refractivity contribution >= 4 is 10.8 Å². The lowest BCUT2D eigenvalue weighted by atomic mass is 9.73. The van der Waals surface area contributed by atoms with Gasteiger partial charge in [-0.2, -0.15) is 0 Å². The smallest absolute Gasteiger partial charge is 0.0108 e. The van der Waals surface area contributed by atoms with Gasteiger partial charge in [0.1, 0.15) is 0 Å². The quantitative estimate of drug-likeness (QED) is 0.0333. The average Bonchev–Trinajstić information content (AvgIpc) is 0.718. The van der Waals surface area contributed by atoms with Crippen LogP contribution >= 0.6 is 0 Å². The topological polar surface area (TPSA) is 0 Å². The second-order valence-electron chi connectivity index (χ2n) is 37.6. The van der Waals surface area contributed by atoms with Crippen LogP contribution < -0.4 is 0 Å². The van der Waals surface area contributed by atoms with Gasteiger partial charge in [-0.05, 0) is 350 Å². The summed E-state index contributed by atoms with van der Waals surface area (Å²) in [5, 5.41) is 3.31. The Balaban J connectivity index is 1.29. The zero-order valence-corrected chi connectivity index (χ0v) is 79.1. The van der Waals surface area contributed by atoms with Crippen LogP contribution in [0.2, 0.25) is 0 Å². The van der Waals surface area contributed by atoms with Crippen LogP contribution in [0, 0.1) is 0 Å². The van der Waals surface area contributed by atoms with Gasteiger partial charge in [-0.3, -0.25) is 0 Å². The van der Waals surface area contributed by atoms with Crippen LogP contribution in [0.3, 0.4) is 0 Å². The average molecular weight is 1630 g/mol. The minimum Gasteiger partial charge on any atom is -0.0654 e. The molecular formula is C122H168. The number of hydrogen-bond acceptors (Lipinski definition) is 0. The van der Waals surface area contributed by atoms with E-state index in [2.05, 4.69) is 250 Å². The Morgan fingerprint density at radius 1 is 0.0984 bits per heavy atom. The third-order valence-corrected chi connectivity index (χ3v) is 27.7. The van der Waals surface area contributed by atoms with Crippen molar-refractivity contribution in [3.05, 3.63) is 328 Å². The van der Waals surface area contributed by atoms with Crippen LogP contribution in [-0.4, -0.2) is 0 Å². The van der Waals surface area contributed by atoms with Crippen LogP contribution in [0.4, 0.5) is 0 Å². The fraction of sp³-hybridized carbons (Fsp3) is 0.525. The van der Waals surface area contributed by atoms with Crippen molar-refractivity contribution in [2.75, 3.05) is 0 Å². The Labute approximate surface area is 748 Å². The zero-order valence-electron chi connectivity index (χ0n) is 79.1. The minimum atomic E-state index is 1.01. The number of fused-ring (bicyclic) bond motifs is 1. The van der Waals surface area contributed by atoms with Gasteiger partial charge in [0.2, 0.25) is 0 Å². The lowest BCUT2D eigenvalue weighted by Crippen LogP contribution is -2.17. The summed E-state index contributed by atoms with van der Waals surface area (Å²) in [6, 6.07) is 80.9. The Kier molecular flexibility index (Phi) is 45.3. The molecule has 0 N–H and O–H groups in total. The number of unbranched alkanes of at least 4 members (excludes halogenated alkanes) is 24. The Hall–Kier alpha value is -7.54. The van der Waals surface area contributed by atoms with Gasteiger partial charge in [-0.15, -0.1) is 0 Å². The molecule has 0 fully saturated rings. The van der Waals surface area contributed by atoms with E-state index >= 15 is 0 Å². The van der Waals surface area contributed by atoms with Crippen LogP contribution in [0.25, 0.3) is 10.8 Å². The molecule has 122 heavy (non-hydrogen) atoms. The molecule has 10 aromatic carbocycles. The van der Waals surface area contributed by atoms with Crippen molar-refractivity contribution in [2.24, 2.45) is 0 Å². The summed E-state index contributed by atoms with van der Waals surface area (Å²) < 4.78 is 0. The molecule has 0 heteroatoms. The third kappa shape index (κ3) is 33.4. The standard InChI is InChI=1S/C122H168/c1-9-17-25-33-41-97-49-65-105(66-50-97)81-89-113-114(90-82-106-67-51-98(52-68-106)42-34-26-18-10-2)118(94-86-110-75-59-102(60-76-110)46-38-30-22-14-6)122-120(96-88-112-79-63-104(64-80-112)48-40-32-24-16-8)116(92-84-108-71-55-100(56-72-108)44-36-28-20-12-4)115(91-83-107-69-53-99(54-70-107)43-35-27-19-11-3)119(95-87-111-77-61-103(62-78-111)47-39-31-23-15-7)121(122)117(113)93-85-109-73-57-101(58-74-109)45-37-29-21-13-5/h49-80H,9-48,81-96H2,1-8H3. The van der Waals surface area contributed by atoms with Crippen LogP contribution in [0.5, 0.6) is 0 Å². The first kappa shape index (κ1) is 96.7. The highest BCUT2D eigenvalue weighted by molar-refractivity contribution is 5.99. The molecule has 0 unspecified atom stereocenters. The Morgan fingerprint density at radius 2 is 0.197 bits per heavy atom. The van der Waals surface area contributed by atoms with Gasteiger partial charge in [0.05, 0.1) is 0 Å². The lowest BCUT2D eigenvalue weighted by molar-refractivity contribution is 0.666. The van der Waals surface area contributed by atoms with Crippen molar-refractivity contribution in [3.8, 4) is 0 Å². The van der Waals surface area contributed by atoms with Crippen molar-refractivity contribution in [2.45, 2.75) is 415 Å². The molecule has 0 bridgehead atoms. The molecule has 0 saturated heterocycles. The van der Waals surface area contributed by atoms with Crippen molar-refractivity contribution < 1.29 is 0 Å². The van der Waals surface area contributed by atoms with Crippen LogP contribution in [-0.2, 0) is 154 Å². The molecule has 0 aliphatic carbocycles. The predicted molar refractivity (Wildman–Crippen MR) is 538 cm³/mol. The summed E-state index contributed by atoms with van der Waals surface area (Å²) >= 11 is 0. The van der Waals surface area contributed by atoms with Crippen LogP contribution in [0.15, 0.2) is 194 Å². The van der Waals surface area contributed by atoms with Gasteiger partial charge in [-0.1, -0.05) is 404 Å². The summed E-state index contributed by atoms with van der Waals surface area (Å²) in [5.74, 6) is 0. The van der Waals surface area contributed by atoms with E-state index in [1.165, 1.54) is 346 Å².